The lowest BCUT2D eigenvalue weighted by Crippen LogP contribution is -2.44. The number of fused-ring (bicyclic) bond motifs is 1. The predicted octanol–water partition coefficient (Wildman–Crippen LogP) is 3.71. The lowest BCUT2D eigenvalue weighted by Gasteiger charge is -2.17. The van der Waals surface area contributed by atoms with Gasteiger partial charge < -0.3 is 0 Å². The van der Waals surface area contributed by atoms with E-state index in [4.69, 9.17) is 0 Å². The molecule has 33 heavy (non-hydrogen) atoms. The molecule has 2 N–H and O–H groups in total. The van der Waals surface area contributed by atoms with Gasteiger partial charge in [-0.15, -0.1) is 11.8 Å². The van der Waals surface area contributed by atoms with Gasteiger partial charge in [-0.3, -0.25) is 25.2 Å². The number of hydrazine groups is 1. The van der Waals surface area contributed by atoms with Crippen molar-refractivity contribution in [2.75, 3.05) is 0 Å². The number of aromatic nitrogens is 2. The third-order valence-corrected chi connectivity index (χ3v) is 6.29. The van der Waals surface area contributed by atoms with Crippen molar-refractivity contribution in [2.45, 2.75) is 23.6 Å². The Morgan fingerprint density at radius 3 is 2.15 bits per heavy atom. The van der Waals surface area contributed by atoms with Gasteiger partial charge in [0.05, 0.1) is 5.39 Å². The van der Waals surface area contributed by atoms with E-state index < -0.39 is 11.2 Å². The summed E-state index contributed by atoms with van der Waals surface area (Å²) in [6.07, 6.45) is 0. The van der Waals surface area contributed by atoms with Gasteiger partial charge in [0.1, 0.15) is 5.25 Å². The highest BCUT2D eigenvalue weighted by Crippen LogP contribution is 2.35. The lowest BCUT2D eigenvalue weighted by molar-refractivity contribution is -0.121. The smallest absolute Gasteiger partial charge is 0.272 e. The van der Waals surface area contributed by atoms with Gasteiger partial charge in [-0.1, -0.05) is 66.7 Å². The fourth-order valence-electron chi connectivity index (χ4n) is 3.40. The Hall–Kier alpha value is -3.91. The molecule has 3 aromatic carbocycles. The first-order chi connectivity index (χ1) is 16.1. The van der Waals surface area contributed by atoms with E-state index in [0.29, 0.717) is 17.3 Å². The number of thioether (sulfide) groups is 1. The number of hydrogen-bond donors (Lipinski definition) is 2. The summed E-state index contributed by atoms with van der Waals surface area (Å²) in [4.78, 5) is 39.5. The van der Waals surface area contributed by atoms with Gasteiger partial charge >= 0.3 is 0 Å². The van der Waals surface area contributed by atoms with Crippen LogP contribution in [0.15, 0.2) is 94.6 Å². The molecule has 0 bridgehead atoms. The van der Waals surface area contributed by atoms with Crippen LogP contribution in [0.3, 0.4) is 0 Å². The number of aryl methyl sites for hydroxylation is 1. The Morgan fingerprint density at radius 1 is 0.879 bits per heavy atom. The zero-order valence-electron chi connectivity index (χ0n) is 17.9. The van der Waals surface area contributed by atoms with E-state index in [1.165, 1.54) is 16.4 Å². The number of hydrogen-bond acceptors (Lipinski definition) is 5. The van der Waals surface area contributed by atoms with E-state index in [9.17, 15) is 14.4 Å². The molecule has 0 radical (unpaired) electrons. The molecule has 4 aromatic rings. The maximum atomic E-state index is 13.1. The van der Waals surface area contributed by atoms with E-state index in [2.05, 4.69) is 16.0 Å². The van der Waals surface area contributed by atoms with Gasteiger partial charge in [-0.2, -0.15) is 5.10 Å². The molecule has 1 aromatic heterocycles. The SMILES string of the molecule is CCn1nc(C(=O)NNC(=O)C(Sc2ccccc2)c2ccccc2)c2ccccc2c1=O. The van der Waals surface area contributed by atoms with Crippen LogP contribution in [0.4, 0.5) is 0 Å². The Kier molecular flexibility index (Phi) is 6.85. The zero-order chi connectivity index (χ0) is 23.2. The molecule has 2 amide bonds. The van der Waals surface area contributed by atoms with Crippen LogP contribution < -0.4 is 16.4 Å². The number of benzene rings is 3. The van der Waals surface area contributed by atoms with Crippen LogP contribution in [0.5, 0.6) is 0 Å². The van der Waals surface area contributed by atoms with E-state index in [-0.39, 0.29) is 17.2 Å². The maximum absolute atomic E-state index is 13.1. The highest BCUT2D eigenvalue weighted by Gasteiger charge is 2.23. The number of carbonyl (C=O) groups excluding carboxylic acids is 2. The van der Waals surface area contributed by atoms with Crippen molar-refractivity contribution >= 4 is 34.3 Å². The van der Waals surface area contributed by atoms with Gasteiger partial charge in [-0.25, -0.2) is 4.68 Å². The van der Waals surface area contributed by atoms with E-state index >= 15 is 0 Å². The summed E-state index contributed by atoms with van der Waals surface area (Å²) >= 11 is 1.38. The molecule has 4 rings (SSSR count). The number of carbonyl (C=O) groups is 2. The minimum atomic E-state index is -0.599. The van der Waals surface area contributed by atoms with Gasteiger partial charge in [0, 0.05) is 16.8 Å². The molecule has 1 atom stereocenters. The topological polar surface area (TPSA) is 93.1 Å². The Balaban J connectivity index is 1.57. The van der Waals surface area contributed by atoms with Crippen LogP contribution >= 0.6 is 11.8 Å². The highest BCUT2D eigenvalue weighted by molar-refractivity contribution is 8.00. The summed E-state index contributed by atoms with van der Waals surface area (Å²) < 4.78 is 1.23. The average molecular weight is 459 g/mol. The molecule has 1 unspecified atom stereocenters. The third-order valence-electron chi connectivity index (χ3n) is 5.02. The molecule has 166 valence electrons. The Labute approximate surface area is 194 Å². The number of amides is 2. The fraction of sp³-hybridized carbons (Fsp3) is 0.120. The highest BCUT2D eigenvalue weighted by atomic mass is 32.2. The van der Waals surface area contributed by atoms with Crippen molar-refractivity contribution in [3.05, 3.63) is 107 Å². The standard InChI is InChI=1S/C25H22N4O3S/c1-2-29-25(32)20-16-10-9-15-19(20)21(28-29)23(30)26-27-24(31)22(17-11-5-3-6-12-17)33-18-13-7-4-8-14-18/h3-16,22H,2H2,1H3,(H,26,30)(H,27,31). The summed E-state index contributed by atoms with van der Waals surface area (Å²) in [7, 11) is 0. The van der Waals surface area contributed by atoms with Crippen molar-refractivity contribution in [1.29, 1.82) is 0 Å². The molecule has 7 nitrogen and oxygen atoms in total. The largest absolute Gasteiger partial charge is 0.290 e. The monoisotopic (exact) mass is 458 g/mol. The van der Waals surface area contributed by atoms with E-state index in [0.717, 1.165) is 10.5 Å². The van der Waals surface area contributed by atoms with Crippen LogP contribution in [0.1, 0.15) is 28.2 Å². The molecule has 0 saturated carbocycles. The number of rotatable bonds is 6. The second-order valence-electron chi connectivity index (χ2n) is 7.18. The molecule has 8 heteroatoms. The van der Waals surface area contributed by atoms with Crippen molar-refractivity contribution in [2.24, 2.45) is 0 Å². The van der Waals surface area contributed by atoms with E-state index in [1.807, 2.05) is 60.7 Å². The normalized spacial score (nSPS) is 11.7. The van der Waals surface area contributed by atoms with Crippen molar-refractivity contribution < 1.29 is 9.59 Å². The summed E-state index contributed by atoms with van der Waals surface area (Å²) in [5.41, 5.74) is 5.61. The average Bonchev–Trinajstić information content (AvgIpc) is 2.87. The first-order valence-electron chi connectivity index (χ1n) is 10.4. The van der Waals surface area contributed by atoms with Gasteiger partial charge in [-0.05, 0) is 30.7 Å². The summed E-state index contributed by atoms with van der Waals surface area (Å²) in [6.45, 7) is 2.10. The minimum Gasteiger partial charge on any atom is -0.272 e. The maximum Gasteiger partial charge on any atom is 0.290 e. The van der Waals surface area contributed by atoms with Crippen molar-refractivity contribution in [3.63, 3.8) is 0 Å². The first-order valence-corrected chi connectivity index (χ1v) is 11.3. The molecule has 0 fully saturated rings. The van der Waals surface area contributed by atoms with Crippen LogP contribution in [0.25, 0.3) is 10.8 Å². The number of nitrogens with zero attached hydrogens (tertiary/aromatic N) is 2. The van der Waals surface area contributed by atoms with Gasteiger partial charge in [0.25, 0.3) is 17.4 Å². The number of nitrogens with one attached hydrogen (secondary N) is 2. The van der Waals surface area contributed by atoms with Crippen LogP contribution in [0.2, 0.25) is 0 Å². The quantitative estimate of drug-likeness (QED) is 0.339. The lowest BCUT2D eigenvalue weighted by atomic mass is 10.1. The summed E-state index contributed by atoms with van der Waals surface area (Å²) in [5, 5.41) is 4.45. The van der Waals surface area contributed by atoms with Crippen LogP contribution in [-0.4, -0.2) is 21.6 Å². The summed E-state index contributed by atoms with van der Waals surface area (Å²) in [5.74, 6) is -0.977. The fourth-order valence-corrected chi connectivity index (χ4v) is 4.44. The molecule has 0 spiro atoms. The predicted molar refractivity (Wildman–Crippen MR) is 129 cm³/mol. The molecular weight excluding hydrogens is 436 g/mol. The molecule has 0 aliphatic heterocycles. The van der Waals surface area contributed by atoms with Crippen LogP contribution in [0, 0.1) is 0 Å². The minimum absolute atomic E-state index is 0.0688. The molecular formula is C25H22N4O3S. The van der Waals surface area contributed by atoms with Crippen molar-refractivity contribution in [3.8, 4) is 0 Å². The molecule has 0 saturated heterocycles. The Bertz CT molecular complexity index is 1340. The van der Waals surface area contributed by atoms with Gasteiger partial charge in [0.2, 0.25) is 0 Å². The first kappa shape index (κ1) is 22.3. The van der Waals surface area contributed by atoms with Crippen molar-refractivity contribution in [1.82, 2.24) is 20.6 Å². The molecule has 1 heterocycles. The second kappa shape index (κ2) is 10.1. The molecule has 0 aliphatic carbocycles. The second-order valence-corrected chi connectivity index (χ2v) is 8.36. The van der Waals surface area contributed by atoms with Crippen LogP contribution in [-0.2, 0) is 11.3 Å². The summed E-state index contributed by atoms with van der Waals surface area (Å²) in [6, 6.07) is 25.7. The van der Waals surface area contributed by atoms with Gasteiger partial charge in [0.15, 0.2) is 5.69 Å². The molecule has 0 aliphatic rings. The zero-order valence-corrected chi connectivity index (χ0v) is 18.7. The van der Waals surface area contributed by atoms with E-state index in [1.54, 1.807) is 31.2 Å². The third kappa shape index (κ3) is 4.96. The Morgan fingerprint density at radius 2 is 1.48 bits per heavy atom.